The molecule has 0 aromatic heterocycles. The third kappa shape index (κ3) is 2.77. The summed E-state index contributed by atoms with van der Waals surface area (Å²) in [6, 6.07) is 8.14. The van der Waals surface area contributed by atoms with Gasteiger partial charge in [-0.3, -0.25) is 0 Å². The van der Waals surface area contributed by atoms with Crippen molar-refractivity contribution >= 4 is 17.3 Å². The van der Waals surface area contributed by atoms with Gasteiger partial charge >= 0.3 is 0 Å². The number of benzene rings is 1. The first-order valence-electron chi connectivity index (χ1n) is 6.23. The van der Waals surface area contributed by atoms with E-state index in [2.05, 4.69) is 30.0 Å². The topological polar surface area (TPSA) is 30.3 Å². The third-order valence-corrected chi connectivity index (χ3v) is 3.84. The van der Waals surface area contributed by atoms with Crippen molar-refractivity contribution in [2.24, 2.45) is 0 Å². The zero-order valence-corrected chi connectivity index (χ0v) is 11.6. The number of rotatable bonds is 2. The van der Waals surface area contributed by atoms with Crippen molar-refractivity contribution in [3.63, 3.8) is 0 Å². The first kappa shape index (κ1) is 13.2. The fourth-order valence-electron chi connectivity index (χ4n) is 2.54. The summed E-state index contributed by atoms with van der Waals surface area (Å²) in [5.41, 5.74) is 1.63. The number of likely N-dealkylation sites (tertiary alicyclic amines) is 1. The summed E-state index contributed by atoms with van der Waals surface area (Å²) in [4.78, 5) is 4.53. The standard InChI is InChI=1S/C14H18ClN3/c1-17-7-3-4-13(10-17)18(2)14-8-12(15)6-5-11(14)9-16/h5-6,8,13H,3-4,7,10H2,1-2H3. The van der Waals surface area contributed by atoms with E-state index in [4.69, 9.17) is 11.6 Å². The molecule has 18 heavy (non-hydrogen) atoms. The quantitative estimate of drug-likeness (QED) is 0.822. The normalized spacial score (nSPS) is 20.4. The zero-order chi connectivity index (χ0) is 13.1. The molecule has 2 rings (SSSR count). The molecule has 1 aliphatic rings. The third-order valence-electron chi connectivity index (χ3n) is 3.61. The van der Waals surface area contributed by atoms with Gasteiger partial charge in [-0.15, -0.1) is 0 Å². The molecule has 0 saturated carbocycles. The maximum Gasteiger partial charge on any atom is 0.101 e. The second-order valence-electron chi connectivity index (χ2n) is 4.94. The summed E-state index contributed by atoms with van der Waals surface area (Å²) in [5.74, 6) is 0. The molecule has 1 aromatic rings. The van der Waals surface area contributed by atoms with Crippen LogP contribution in [0, 0.1) is 11.3 Å². The Bertz CT molecular complexity index is 467. The highest BCUT2D eigenvalue weighted by molar-refractivity contribution is 6.30. The number of hydrogen-bond acceptors (Lipinski definition) is 3. The Morgan fingerprint density at radius 1 is 1.50 bits per heavy atom. The minimum atomic E-state index is 0.453. The highest BCUT2D eigenvalue weighted by Gasteiger charge is 2.22. The van der Waals surface area contributed by atoms with Crippen molar-refractivity contribution in [3.8, 4) is 6.07 Å². The molecule has 1 aliphatic heterocycles. The molecule has 1 saturated heterocycles. The molecule has 1 heterocycles. The van der Waals surface area contributed by atoms with Gasteiger partial charge in [-0.1, -0.05) is 11.6 Å². The van der Waals surface area contributed by atoms with E-state index in [1.54, 1.807) is 12.1 Å². The lowest BCUT2D eigenvalue weighted by Gasteiger charge is -2.37. The Balaban J connectivity index is 2.25. The van der Waals surface area contributed by atoms with Crippen LogP contribution in [0.3, 0.4) is 0 Å². The van der Waals surface area contributed by atoms with Crippen LogP contribution in [-0.2, 0) is 0 Å². The Hall–Kier alpha value is -1.24. The van der Waals surface area contributed by atoms with Gasteiger partial charge in [0.05, 0.1) is 11.3 Å². The first-order chi connectivity index (χ1) is 8.61. The van der Waals surface area contributed by atoms with Crippen molar-refractivity contribution in [2.75, 3.05) is 32.1 Å². The molecule has 1 aromatic carbocycles. The second kappa shape index (κ2) is 5.60. The number of nitriles is 1. The van der Waals surface area contributed by atoms with Gasteiger partial charge in [-0.2, -0.15) is 5.26 Å². The number of piperidine rings is 1. The van der Waals surface area contributed by atoms with Crippen molar-refractivity contribution in [3.05, 3.63) is 28.8 Å². The van der Waals surface area contributed by atoms with E-state index in [0.717, 1.165) is 25.2 Å². The molecule has 1 fully saturated rings. The molecule has 1 unspecified atom stereocenters. The van der Waals surface area contributed by atoms with Gasteiger partial charge in [-0.05, 0) is 44.6 Å². The molecular weight excluding hydrogens is 246 g/mol. The van der Waals surface area contributed by atoms with Crippen molar-refractivity contribution in [1.29, 1.82) is 5.26 Å². The Morgan fingerprint density at radius 3 is 2.94 bits per heavy atom. The van der Waals surface area contributed by atoms with Crippen molar-refractivity contribution in [2.45, 2.75) is 18.9 Å². The molecule has 0 aliphatic carbocycles. The van der Waals surface area contributed by atoms with Crippen LogP contribution < -0.4 is 4.90 Å². The number of halogens is 1. The summed E-state index contributed by atoms with van der Waals surface area (Å²) in [7, 11) is 4.19. The summed E-state index contributed by atoms with van der Waals surface area (Å²) >= 11 is 6.04. The van der Waals surface area contributed by atoms with Crippen LogP contribution in [0.2, 0.25) is 5.02 Å². The minimum absolute atomic E-state index is 0.453. The van der Waals surface area contributed by atoms with Gasteiger partial charge in [0.25, 0.3) is 0 Å². The average Bonchev–Trinajstić information content (AvgIpc) is 2.38. The molecule has 0 bridgehead atoms. The predicted molar refractivity (Wildman–Crippen MR) is 75.1 cm³/mol. The number of nitrogens with zero attached hydrogens (tertiary/aromatic N) is 3. The van der Waals surface area contributed by atoms with Gasteiger partial charge in [-0.25, -0.2) is 0 Å². The smallest absolute Gasteiger partial charge is 0.101 e. The summed E-state index contributed by atoms with van der Waals surface area (Å²) in [6.45, 7) is 2.19. The SMILES string of the molecule is CN1CCCC(N(C)c2cc(Cl)ccc2C#N)C1. The van der Waals surface area contributed by atoms with Crippen LogP contribution in [-0.4, -0.2) is 38.1 Å². The Kier molecular flexibility index (Phi) is 4.11. The van der Waals surface area contributed by atoms with E-state index in [1.807, 2.05) is 6.07 Å². The summed E-state index contributed by atoms with van der Waals surface area (Å²) in [6.07, 6.45) is 2.37. The summed E-state index contributed by atoms with van der Waals surface area (Å²) < 4.78 is 0. The van der Waals surface area contributed by atoms with E-state index >= 15 is 0 Å². The lowest BCUT2D eigenvalue weighted by Crippen LogP contribution is -2.45. The van der Waals surface area contributed by atoms with Gasteiger partial charge in [0.2, 0.25) is 0 Å². The highest BCUT2D eigenvalue weighted by atomic mass is 35.5. The lowest BCUT2D eigenvalue weighted by molar-refractivity contribution is 0.248. The van der Waals surface area contributed by atoms with Crippen LogP contribution in [0.1, 0.15) is 18.4 Å². The van der Waals surface area contributed by atoms with Crippen LogP contribution in [0.15, 0.2) is 18.2 Å². The minimum Gasteiger partial charge on any atom is -0.369 e. The molecule has 0 amide bonds. The molecule has 96 valence electrons. The van der Waals surface area contributed by atoms with Gasteiger partial charge < -0.3 is 9.80 Å². The largest absolute Gasteiger partial charge is 0.369 e. The number of likely N-dealkylation sites (N-methyl/N-ethyl adjacent to an activating group) is 2. The van der Waals surface area contributed by atoms with Crippen molar-refractivity contribution in [1.82, 2.24) is 4.90 Å². The predicted octanol–water partition coefficient (Wildman–Crippen LogP) is 2.74. The Morgan fingerprint density at radius 2 is 2.28 bits per heavy atom. The monoisotopic (exact) mass is 263 g/mol. The summed E-state index contributed by atoms with van der Waals surface area (Å²) in [5, 5.41) is 9.86. The van der Waals surface area contributed by atoms with E-state index < -0.39 is 0 Å². The average molecular weight is 264 g/mol. The Labute approximate surface area is 114 Å². The van der Waals surface area contributed by atoms with Crippen LogP contribution in [0.4, 0.5) is 5.69 Å². The molecule has 0 radical (unpaired) electrons. The molecule has 3 nitrogen and oxygen atoms in total. The molecule has 1 atom stereocenters. The van der Waals surface area contributed by atoms with Crippen molar-refractivity contribution < 1.29 is 0 Å². The van der Waals surface area contributed by atoms with Gasteiger partial charge in [0, 0.05) is 24.7 Å². The van der Waals surface area contributed by atoms with E-state index in [9.17, 15) is 5.26 Å². The van der Waals surface area contributed by atoms with E-state index in [-0.39, 0.29) is 0 Å². The van der Waals surface area contributed by atoms with Crippen LogP contribution in [0.5, 0.6) is 0 Å². The first-order valence-corrected chi connectivity index (χ1v) is 6.60. The maximum absolute atomic E-state index is 9.18. The van der Waals surface area contributed by atoms with Gasteiger partial charge in [0.15, 0.2) is 0 Å². The van der Waals surface area contributed by atoms with E-state index in [0.29, 0.717) is 16.6 Å². The molecule has 0 spiro atoms. The highest BCUT2D eigenvalue weighted by Crippen LogP contribution is 2.27. The number of hydrogen-bond donors (Lipinski definition) is 0. The maximum atomic E-state index is 9.18. The fraction of sp³-hybridized carbons (Fsp3) is 0.500. The zero-order valence-electron chi connectivity index (χ0n) is 10.9. The van der Waals surface area contributed by atoms with E-state index in [1.165, 1.54) is 6.42 Å². The molecule has 4 heteroatoms. The lowest BCUT2D eigenvalue weighted by atomic mass is 10.0. The van der Waals surface area contributed by atoms with Crippen LogP contribution in [0.25, 0.3) is 0 Å². The fourth-order valence-corrected chi connectivity index (χ4v) is 2.71. The molecule has 0 N–H and O–H groups in total. The second-order valence-corrected chi connectivity index (χ2v) is 5.38. The molecular formula is C14H18ClN3. The number of anilines is 1. The van der Waals surface area contributed by atoms with Gasteiger partial charge in [0.1, 0.15) is 6.07 Å². The van der Waals surface area contributed by atoms with Crippen LogP contribution >= 0.6 is 11.6 Å².